The summed E-state index contributed by atoms with van der Waals surface area (Å²) >= 11 is 3.83. The van der Waals surface area contributed by atoms with Gasteiger partial charge in [-0.05, 0) is 108 Å². The van der Waals surface area contributed by atoms with Crippen molar-refractivity contribution in [3.63, 3.8) is 0 Å². The van der Waals surface area contributed by atoms with Gasteiger partial charge in [0, 0.05) is 48.2 Å². The number of hydrogen-bond donors (Lipinski definition) is 14. The summed E-state index contributed by atoms with van der Waals surface area (Å²) in [5, 5.41) is 29.1. The first-order valence-electron chi connectivity index (χ1n) is 38.6. The number of benzene rings is 4. The first kappa shape index (κ1) is 102. The number of carboxylic acid groups (broad SMARTS) is 1. The number of rotatable bonds is 21. The van der Waals surface area contributed by atoms with Gasteiger partial charge in [0.1, 0.15) is 43.7 Å². The zero-order valence-electron chi connectivity index (χ0n) is 71.6. The van der Waals surface area contributed by atoms with Crippen molar-refractivity contribution < 1.29 is 61.6 Å². The number of aromatic amines is 4. The Bertz CT molecular complexity index is 7010. The van der Waals surface area contributed by atoms with Crippen molar-refractivity contribution in [2.24, 2.45) is 29.3 Å². The highest BCUT2D eigenvalue weighted by molar-refractivity contribution is 8.26. The largest absolute Gasteiger partial charge is 0.477 e. The molecule has 5 atom stereocenters. The number of fused-ring (bicyclic) bond motifs is 4. The minimum atomic E-state index is -1.67. The molecule has 16 N–H and O–H groups in total. The minimum absolute atomic E-state index is 0.0200. The van der Waals surface area contributed by atoms with E-state index < -0.39 is 138 Å². The fourth-order valence-corrected chi connectivity index (χ4v) is 16.0. The third-order valence-corrected chi connectivity index (χ3v) is 22.4. The van der Waals surface area contributed by atoms with E-state index in [9.17, 15) is 81.5 Å². The van der Waals surface area contributed by atoms with E-state index in [-0.39, 0.29) is 70.8 Å². The number of aromatic carboxylic acids is 1. The van der Waals surface area contributed by atoms with Gasteiger partial charge in [-0.2, -0.15) is 0 Å². The fraction of sp³-hybridized carbons (Fsp3) is 0.304. The van der Waals surface area contributed by atoms with E-state index >= 15 is 0 Å². The molecule has 9 heterocycles. The lowest BCUT2D eigenvalue weighted by Crippen LogP contribution is -2.49. The minimum Gasteiger partial charge on any atom is -0.477 e. The summed E-state index contributed by atoms with van der Waals surface area (Å²) < 4.78 is 23.1. The summed E-state index contributed by atoms with van der Waals surface area (Å²) in [6, 6.07) is 20.8. The van der Waals surface area contributed by atoms with Gasteiger partial charge in [0.2, 0.25) is 44.7 Å². The monoisotopic (exact) mass is 1920 g/mol. The van der Waals surface area contributed by atoms with Gasteiger partial charge < -0.3 is 61.2 Å². The summed E-state index contributed by atoms with van der Waals surface area (Å²) in [5.74, 6) is -1.18. The smallest absolute Gasteiger partial charge is 0.350 e. The number of nitrogens with zero attached hydrogens (tertiary/aromatic N) is 10. The molecular formula is C79H87Cl2N23O21S5. The van der Waals surface area contributed by atoms with Crippen LogP contribution >= 0.6 is 66.7 Å². The summed E-state index contributed by atoms with van der Waals surface area (Å²) in [6.45, 7) is 24.6. The van der Waals surface area contributed by atoms with Crippen molar-refractivity contribution in [1.29, 1.82) is 0 Å². The van der Waals surface area contributed by atoms with Crippen LogP contribution in [0.2, 0.25) is 0 Å². The molecule has 9 aromatic heterocycles. The third-order valence-electron chi connectivity index (χ3n) is 18.2. The van der Waals surface area contributed by atoms with Crippen molar-refractivity contribution >= 4 is 193 Å². The number of anilines is 4. The van der Waals surface area contributed by atoms with Crippen LogP contribution in [0.1, 0.15) is 151 Å². The molecule has 0 aliphatic heterocycles. The maximum atomic E-state index is 13.1. The molecular weight excluding hydrogens is 1840 g/mol. The van der Waals surface area contributed by atoms with Crippen LogP contribution in [0.15, 0.2) is 140 Å². The van der Waals surface area contributed by atoms with Crippen LogP contribution in [0.3, 0.4) is 0 Å². The molecule has 44 nitrogen and oxygen atoms in total. The molecule has 0 saturated heterocycles. The second-order valence-electron chi connectivity index (χ2n) is 28.8. The SMILES string of the molecule is CC(=O)NN.CC(=O)NNC(=O)c1sc(NC(=O)[C@H](C(C)C)n2c(=O)[nH]c3ccccc3c2=O)nc1C.CCOC(=O)c1sc(NC(=O)[C@H](C(C)C)n2c(=O)[nH]c3ccccc3c2=O)nc1C.Cc1nc(NC(=O)[C@H](C(C)N)n2c(=O)[nH]c3ccccc3c2=O)sc1C(=O)O.Cc1nnc(-c2sc(NC(=O)[C@H](C(C)C)n3c(=O)[nH]c4ccccc4c3=O)nc2C)o1.O=S(Cl)Cl. The van der Waals surface area contributed by atoms with Gasteiger partial charge in [-0.15, -0.1) is 10.2 Å². The molecule has 0 aliphatic rings. The van der Waals surface area contributed by atoms with E-state index in [0.717, 1.165) is 52.3 Å². The predicted molar refractivity (Wildman–Crippen MR) is 492 cm³/mol. The van der Waals surface area contributed by atoms with E-state index in [1.54, 1.807) is 167 Å². The highest BCUT2D eigenvalue weighted by atomic mass is 36.0. The Hall–Kier alpha value is -13.8. The number of carboxylic acids is 1. The summed E-state index contributed by atoms with van der Waals surface area (Å²) in [6.07, 6.45) is 0. The summed E-state index contributed by atoms with van der Waals surface area (Å²) in [7, 11) is 7.36. The van der Waals surface area contributed by atoms with Gasteiger partial charge in [-0.3, -0.25) is 69.0 Å². The number of amides is 7. The zero-order chi connectivity index (χ0) is 96.3. The molecule has 4 aromatic carbocycles. The standard InChI is InChI=1S/C20H22N6O5S.C20H20N6O4S.C20H22N4O5S.C17H17N5O5S.C2H6N2O.Cl2OS/c1-9(2)14(26-18(30)12-7-5-6-8-13(12)22-20(26)31)16(28)23-19-21-10(3)15(32-19)17(29)25-24-11(4)27;1-9(2)14(26-18(28)12-7-5-6-8-13(12)22-20(26)29)16(27)23-19-21-10(3)15(31-19)17-25-24-11(4)30-17;1-5-29-18(27)15-11(4)21-19(30-15)23-16(25)14(10(2)3)24-17(26)12-8-6-7-9-13(12)22-20(24)28;1-7(18)11(13(23)21-16-19-8(2)12(28-16)15(25)26)22-14(24)9-5-3-4-6-10(9)20-17(22)27;1-2(5)4-3;1-4(2)3/h5-9,14H,1-4H3,(H,22,31)(H,24,27)(H,25,29)(H,21,23,28);5-9,14H,1-4H3,(H,22,29)(H,21,23,27);6-10,14H,5H2,1-4H3,(H,22,28)(H,21,23,25);3-7,11H,18H2,1-2H3,(H,20,27)(H,25,26)(H,19,21,23);3H2,1H3,(H,4,5);/t3*14-;7?,11-;;/m0000../s1. The number of hydrogen-bond acceptors (Lipinski definition) is 32. The van der Waals surface area contributed by atoms with Crippen molar-refractivity contribution in [2.45, 2.75) is 134 Å². The Morgan fingerprint density at radius 3 is 1.07 bits per heavy atom. The van der Waals surface area contributed by atoms with Crippen LogP contribution in [0.4, 0.5) is 20.5 Å². The van der Waals surface area contributed by atoms with Gasteiger partial charge in [0.15, 0.2) is 20.5 Å². The van der Waals surface area contributed by atoms with Gasteiger partial charge >= 0.3 is 34.7 Å². The lowest BCUT2D eigenvalue weighted by atomic mass is 10.0. The number of ether oxygens (including phenoxy) is 1. The molecule has 688 valence electrons. The van der Waals surface area contributed by atoms with Gasteiger partial charge in [0.05, 0.1) is 73.0 Å². The number of esters is 1. The lowest BCUT2D eigenvalue weighted by Gasteiger charge is -2.21. The van der Waals surface area contributed by atoms with Gasteiger partial charge in [-0.25, -0.2) is 77.0 Å². The number of nitrogens with one attached hydrogen (secondary N) is 11. The van der Waals surface area contributed by atoms with Crippen molar-refractivity contribution in [3.05, 3.63) is 224 Å². The number of thiazole rings is 4. The van der Waals surface area contributed by atoms with E-state index in [1.165, 1.54) is 45.1 Å². The Balaban J connectivity index is 0.000000207. The number of para-hydroxylation sites is 4. The molecule has 13 rings (SSSR count). The Kier molecular flexibility index (Phi) is 35.4. The lowest BCUT2D eigenvalue weighted by molar-refractivity contribution is -0.121. The van der Waals surface area contributed by atoms with Crippen LogP contribution in [0.25, 0.3) is 54.4 Å². The molecule has 130 heavy (non-hydrogen) atoms. The van der Waals surface area contributed by atoms with E-state index in [4.69, 9.17) is 24.2 Å². The maximum Gasteiger partial charge on any atom is 0.350 e. The van der Waals surface area contributed by atoms with Crippen LogP contribution in [0, 0.1) is 52.4 Å². The Morgan fingerprint density at radius 2 is 0.769 bits per heavy atom. The first-order chi connectivity index (χ1) is 61.3. The number of aromatic nitrogens is 14. The number of H-pyrrole nitrogens is 4. The van der Waals surface area contributed by atoms with Crippen LogP contribution in [0.5, 0.6) is 0 Å². The van der Waals surface area contributed by atoms with Crippen LogP contribution in [-0.2, 0) is 42.7 Å². The van der Waals surface area contributed by atoms with E-state index in [1.807, 2.05) is 5.43 Å². The summed E-state index contributed by atoms with van der Waals surface area (Å²) in [5.41, 5.74) is 10.3. The highest BCUT2D eigenvalue weighted by Crippen LogP contribution is 2.34. The molecule has 13 aromatic rings. The van der Waals surface area contributed by atoms with Gasteiger partial charge in [0.25, 0.3) is 39.9 Å². The van der Waals surface area contributed by atoms with Gasteiger partial charge in [-0.1, -0.05) is 135 Å². The number of aryl methyl sites for hydroxylation is 5. The Morgan fingerprint density at radius 1 is 0.469 bits per heavy atom. The van der Waals surface area contributed by atoms with Crippen molar-refractivity contribution in [3.8, 4) is 10.8 Å². The zero-order valence-corrected chi connectivity index (χ0v) is 77.2. The number of nitrogens with two attached hydrogens (primary N) is 2. The topological polar surface area (TPSA) is 646 Å². The average Bonchev–Trinajstić information content (AvgIpc) is 1.02. The fourth-order valence-electron chi connectivity index (χ4n) is 12.6. The van der Waals surface area contributed by atoms with Crippen LogP contribution < -0.4 is 94.1 Å². The number of halogens is 2. The second kappa shape index (κ2) is 45.2. The van der Waals surface area contributed by atoms with Crippen LogP contribution in [-0.4, -0.2) is 144 Å². The molecule has 0 spiro atoms. The van der Waals surface area contributed by atoms with E-state index in [0.29, 0.717) is 71.7 Å². The molecule has 0 radical (unpaired) electrons. The molecule has 0 fully saturated rings. The molecule has 51 heteroatoms. The predicted octanol–water partition coefficient (Wildman–Crippen LogP) is 6.91. The molecule has 1 unspecified atom stereocenters. The first-order valence-corrected chi connectivity index (χ1v) is 44.7. The highest BCUT2D eigenvalue weighted by Gasteiger charge is 2.35. The average molecular weight is 1930 g/mol. The molecule has 7 amide bonds. The number of hydrazine groups is 2. The van der Waals surface area contributed by atoms with E-state index in [2.05, 4.69) is 109 Å². The Labute approximate surface area is 760 Å². The maximum absolute atomic E-state index is 13.1. The number of carbonyl (C=O) groups is 9. The molecule has 0 bridgehead atoms. The molecule has 0 saturated carbocycles. The third kappa shape index (κ3) is 25.1. The normalized spacial score (nSPS) is 12.1. The quantitative estimate of drug-likeness (QED) is 0.0114. The van der Waals surface area contributed by atoms with Crippen molar-refractivity contribution in [1.82, 2.24) is 84.6 Å². The van der Waals surface area contributed by atoms with Crippen molar-refractivity contribution in [2.75, 3.05) is 27.9 Å². The number of carbonyl (C=O) groups excluding carboxylic acids is 8. The second-order valence-corrected chi connectivity index (χ2v) is 35.4. The molecule has 0 aliphatic carbocycles. The summed E-state index contributed by atoms with van der Waals surface area (Å²) in [4.78, 5) is 239.